The first-order valence-electron chi connectivity index (χ1n) is 10.6. The number of ether oxygens (including phenoxy) is 2. The van der Waals surface area contributed by atoms with E-state index in [1.54, 1.807) is 0 Å². The molecule has 0 bridgehead atoms. The fraction of sp³-hybridized carbons (Fsp3) is 0.364. The first kappa shape index (κ1) is 26.9. The van der Waals surface area contributed by atoms with Crippen LogP contribution in [-0.4, -0.2) is 70.6 Å². The molecule has 1 aromatic heterocycles. The van der Waals surface area contributed by atoms with Gasteiger partial charge in [-0.3, -0.25) is 19.4 Å². The molecule has 1 aromatic carbocycles. The third kappa shape index (κ3) is 8.21. The quantitative estimate of drug-likeness (QED) is 0.346. The summed E-state index contributed by atoms with van der Waals surface area (Å²) >= 11 is 0. The second-order valence-corrected chi connectivity index (χ2v) is 8.48. The van der Waals surface area contributed by atoms with Crippen LogP contribution in [0.3, 0.4) is 0 Å². The van der Waals surface area contributed by atoms with Crippen LogP contribution in [0.25, 0.3) is 0 Å². The van der Waals surface area contributed by atoms with Crippen LogP contribution in [0.4, 0.5) is 0 Å². The number of carbonyl (C=O) groups excluding carboxylic acids is 3. The van der Waals surface area contributed by atoms with Gasteiger partial charge in [-0.15, -0.1) is 0 Å². The highest BCUT2D eigenvalue weighted by atomic mass is 32.2. The molecular formula is C22H28N4O7S. The highest BCUT2D eigenvalue weighted by Gasteiger charge is 2.20. The molecule has 0 saturated heterocycles. The average Bonchev–Trinajstić information content (AvgIpc) is 2.84. The maximum absolute atomic E-state index is 12.5. The monoisotopic (exact) mass is 492 g/mol. The third-order valence-electron chi connectivity index (χ3n) is 4.38. The van der Waals surface area contributed by atoms with E-state index in [1.807, 2.05) is 18.6 Å². The molecular weight excluding hydrogens is 464 g/mol. The van der Waals surface area contributed by atoms with Crippen LogP contribution < -0.4 is 15.4 Å². The van der Waals surface area contributed by atoms with E-state index in [-0.39, 0.29) is 27.6 Å². The fourth-order valence-corrected chi connectivity index (χ4v) is 3.62. The Bertz CT molecular complexity index is 1070. The predicted molar refractivity (Wildman–Crippen MR) is 123 cm³/mol. The summed E-state index contributed by atoms with van der Waals surface area (Å²) in [5, 5.41) is 5.26. The first-order chi connectivity index (χ1) is 16.3. The van der Waals surface area contributed by atoms with E-state index in [2.05, 4.69) is 15.6 Å². The lowest BCUT2D eigenvalue weighted by Crippen LogP contribution is -2.31. The van der Waals surface area contributed by atoms with E-state index in [0.29, 0.717) is 39.5 Å². The smallest absolute Gasteiger partial charge is 0.269 e. The van der Waals surface area contributed by atoms with Gasteiger partial charge in [0.2, 0.25) is 0 Å². The van der Waals surface area contributed by atoms with Crippen LogP contribution in [0.15, 0.2) is 47.5 Å². The van der Waals surface area contributed by atoms with Gasteiger partial charge in [0.15, 0.2) is 0 Å². The fourth-order valence-electron chi connectivity index (χ4n) is 2.64. The van der Waals surface area contributed by atoms with Crippen LogP contribution in [0.2, 0.25) is 0 Å². The van der Waals surface area contributed by atoms with Crippen LogP contribution >= 0.6 is 0 Å². The van der Waals surface area contributed by atoms with E-state index in [0.717, 1.165) is 6.20 Å². The summed E-state index contributed by atoms with van der Waals surface area (Å²) in [6.45, 7) is 6.13. The lowest BCUT2D eigenvalue weighted by Gasteiger charge is -2.09. The van der Waals surface area contributed by atoms with Gasteiger partial charge in [-0.05, 0) is 50.2 Å². The zero-order valence-corrected chi connectivity index (χ0v) is 19.8. The first-order valence-corrected chi connectivity index (χ1v) is 12.1. The zero-order valence-electron chi connectivity index (χ0n) is 19.0. The van der Waals surface area contributed by atoms with E-state index >= 15 is 0 Å². The van der Waals surface area contributed by atoms with Gasteiger partial charge >= 0.3 is 0 Å². The van der Waals surface area contributed by atoms with Crippen molar-refractivity contribution >= 4 is 27.7 Å². The minimum absolute atomic E-state index is 0.0419. The van der Waals surface area contributed by atoms with Gasteiger partial charge in [-0.25, -0.2) is 13.1 Å². The summed E-state index contributed by atoms with van der Waals surface area (Å²) in [6.07, 6.45) is 1.11. The largest absolute Gasteiger partial charge is 0.380 e. The summed E-state index contributed by atoms with van der Waals surface area (Å²) in [5.74, 6) is -1.73. The summed E-state index contributed by atoms with van der Waals surface area (Å²) in [6, 6.07) is 7.74. The molecule has 2 rings (SSSR count). The standard InChI is InChI=1S/C22H28N4O7S/c1-3-32-13-11-23-20(27)16-5-8-18(9-6-16)34(30,31)26-21(28)17-7-10-19(25-15-17)22(29)24-12-14-33-4-2/h5-10,15H,3-4,11-14H2,1-2H3,(H,23,27)(H,24,29)(H,26,28). The summed E-state index contributed by atoms with van der Waals surface area (Å²) in [4.78, 5) is 40.2. The van der Waals surface area contributed by atoms with Gasteiger partial charge in [0, 0.05) is 38.1 Å². The Kier molecular flexibility index (Phi) is 10.6. The number of rotatable bonds is 13. The number of hydrogen-bond acceptors (Lipinski definition) is 8. The van der Waals surface area contributed by atoms with Crippen LogP contribution in [0, 0.1) is 0 Å². The highest BCUT2D eigenvalue weighted by molar-refractivity contribution is 7.90. The average molecular weight is 493 g/mol. The van der Waals surface area contributed by atoms with Crippen molar-refractivity contribution in [3.05, 3.63) is 59.4 Å². The molecule has 1 heterocycles. The number of nitrogens with one attached hydrogen (secondary N) is 3. The van der Waals surface area contributed by atoms with Gasteiger partial charge in [-0.2, -0.15) is 0 Å². The van der Waals surface area contributed by atoms with E-state index in [1.165, 1.54) is 36.4 Å². The summed E-state index contributed by atoms with van der Waals surface area (Å²) < 4.78 is 37.3. The second kappa shape index (κ2) is 13.4. The molecule has 0 fully saturated rings. The molecule has 0 aliphatic heterocycles. The Balaban J connectivity index is 1.95. The van der Waals surface area contributed by atoms with Gasteiger partial charge in [-0.1, -0.05) is 0 Å². The molecule has 12 heteroatoms. The molecule has 0 aliphatic carbocycles. The molecule has 0 atom stereocenters. The van der Waals surface area contributed by atoms with Gasteiger partial charge in [0.25, 0.3) is 27.7 Å². The lowest BCUT2D eigenvalue weighted by atomic mass is 10.2. The van der Waals surface area contributed by atoms with Crippen LogP contribution in [0.5, 0.6) is 0 Å². The van der Waals surface area contributed by atoms with Crippen molar-refractivity contribution in [3.8, 4) is 0 Å². The number of carbonyl (C=O) groups is 3. The lowest BCUT2D eigenvalue weighted by molar-refractivity contribution is 0.0912. The third-order valence-corrected chi connectivity index (χ3v) is 5.73. The normalized spacial score (nSPS) is 11.0. The van der Waals surface area contributed by atoms with Crippen molar-refractivity contribution < 1.29 is 32.3 Å². The van der Waals surface area contributed by atoms with Crippen molar-refractivity contribution in [2.45, 2.75) is 18.7 Å². The van der Waals surface area contributed by atoms with Crippen molar-refractivity contribution in [2.24, 2.45) is 0 Å². The molecule has 11 nitrogen and oxygen atoms in total. The van der Waals surface area contributed by atoms with Crippen molar-refractivity contribution in [1.29, 1.82) is 0 Å². The topological polar surface area (TPSA) is 153 Å². The maximum atomic E-state index is 12.5. The molecule has 0 radical (unpaired) electrons. The second-order valence-electron chi connectivity index (χ2n) is 6.80. The Morgan fingerprint density at radius 3 is 1.88 bits per heavy atom. The maximum Gasteiger partial charge on any atom is 0.269 e. The SMILES string of the molecule is CCOCCNC(=O)c1ccc(S(=O)(=O)NC(=O)c2ccc(C(=O)NCCOCC)nc2)cc1. The molecule has 184 valence electrons. The number of nitrogens with zero attached hydrogens (tertiary/aromatic N) is 1. The zero-order chi connectivity index (χ0) is 25.0. The van der Waals surface area contributed by atoms with E-state index in [4.69, 9.17) is 9.47 Å². The van der Waals surface area contributed by atoms with Crippen molar-refractivity contribution in [1.82, 2.24) is 20.3 Å². The molecule has 3 N–H and O–H groups in total. The number of aromatic nitrogens is 1. The Morgan fingerprint density at radius 1 is 0.794 bits per heavy atom. The minimum atomic E-state index is -4.19. The number of benzene rings is 1. The Labute approximate surface area is 198 Å². The van der Waals surface area contributed by atoms with Gasteiger partial charge < -0.3 is 20.1 Å². The molecule has 0 unspecified atom stereocenters. The molecule has 0 saturated carbocycles. The number of pyridine rings is 1. The van der Waals surface area contributed by atoms with Crippen molar-refractivity contribution in [3.63, 3.8) is 0 Å². The van der Waals surface area contributed by atoms with Crippen LogP contribution in [0.1, 0.15) is 45.1 Å². The highest BCUT2D eigenvalue weighted by Crippen LogP contribution is 2.12. The number of amides is 3. The molecule has 0 aliphatic rings. The molecule has 2 aromatic rings. The summed E-state index contributed by atoms with van der Waals surface area (Å²) in [7, 11) is -4.19. The Hall–Kier alpha value is -3.35. The van der Waals surface area contributed by atoms with Crippen molar-refractivity contribution in [2.75, 3.05) is 39.5 Å². The van der Waals surface area contributed by atoms with Gasteiger partial charge in [0.05, 0.1) is 23.7 Å². The Morgan fingerprint density at radius 2 is 1.35 bits per heavy atom. The molecule has 3 amide bonds. The van der Waals surface area contributed by atoms with Gasteiger partial charge in [0.1, 0.15) is 5.69 Å². The minimum Gasteiger partial charge on any atom is -0.380 e. The van der Waals surface area contributed by atoms with Crippen LogP contribution in [-0.2, 0) is 19.5 Å². The molecule has 34 heavy (non-hydrogen) atoms. The number of sulfonamides is 1. The predicted octanol–water partition coefficient (Wildman–Crippen LogP) is 0.733. The van der Waals surface area contributed by atoms with E-state index in [9.17, 15) is 22.8 Å². The summed E-state index contributed by atoms with van der Waals surface area (Å²) in [5.41, 5.74) is 0.298. The van der Waals surface area contributed by atoms with E-state index < -0.39 is 21.8 Å². The molecule has 0 spiro atoms. The number of hydrogen-bond donors (Lipinski definition) is 3.